The Morgan fingerprint density at radius 1 is 1.37 bits per heavy atom. The number of hydrogen-bond acceptors (Lipinski definition) is 3. The molecule has 0 spiro atoms. The molecule has 5 nitrogen and oxygen atoms in total. The monoisotopic (exact) mass is 263 g/mol. The predicted molar refractivity (Wildman–Crippen MR) is 68.7 cm³/mol. The number of likely N-dealkylation sites (tertiary alicyclic amines) is 1. The van der Waals surface area contributed by atoms with Gasteiger partial charge in [0, 0.05) is 24.6 Å². The van der Waals surface area contributed by atoms with E-state index in [9.17, 15) is 14.7 Å². The van der Waals surface area contributed by atoms with Crippen LogP contribution in [-0.2, 0) is 16.0 Å². The lowest BCUT2D eigenvalue weighted by atomic mass is 9.86. The zero-order valence-electron chi connectivity index (χ0n) is 10.7. The van der Waals surface area contributed by atoms with Gasteiger partial charge in [0.1, 0.15) is 5.75 Å². The number of carboxylic acid groups (broad SMARTS) is 1. The Morgan fingerprint density at radius 3 is 2.58 bits per heavy atom. The zero-order chi connectivity index (χ0) is 14.0. The van der Waals surface area contributed by atoms with E-state index in [1.165, 1.54) is 0 Å². The standard InChI is InChI=1S/C14H17NO4/c1-9(14(18)19)11-7-15(8-11)13(17)6-10-4-2-3-5-12(10)16/h2-5,9,11,16H,6-8H2,1H3,(H,18,19). The Hall–Kier alpha value is -2.04. The van der Waals surface area contributed by atoms with Gasteiger partial charge in [0.05, 0.1) is 12.3 Å². The molecule has 0 radical (unpaired) electrons. The molecule has 0 bridgehead atoms. The molecule has 0 aromatic heterocycles. The average Bonchev–Trinajstić information content (AvgIpc) is 2.30. The molecular weight excluding hydrogens is 246 g/mol. The molecule has 1 atom stereocenters. The largest absolute Gasteiger partial charge is 0.508 e. The number of phenols is 1. The summed E-state index contributed by atoms with van der Waals surface area (Å²) in [4.78, 5) is 24.4. The number of para-hydroxylation sites is 1. The van der Waals surface area contributed by atoms with Crippen LogP contribution in [0.5, 0.6) is 5.75 Å². The van der Waals surface area contributed by atoms with E-state index in [1.54, 1.807) is 36.1 Å². The van der Waals surface area contributed by atoms with Gasteiger partial charge in [-0.3, -0.25) is 9.59 Å². The van der Waals surface area contributed by atoms with E-state index in [2.05, 4.69) is 0 Å². The third-order valence-electron chi connectivity index (χ3n) is 3.69. The van der Waals surface area contributed by atoms with Gasteiger partial charge >= 0.3 is 5.97 Å². The first-order valence-corrected chi connectivity index (χ1v) is 6.26. The number of carboxylic acids is 1. The fraction of sp³-hybridized carbons (Fsp3) is 0.429. The Balaban J connectivity index is 1.87. The summed E-state index contributed by atoms with van der Waals surface area (Å²) >= 11 is 0. The van der Waals surface area contributed by atoms with Gasteiger partial charge in [0.25, 0.3) is 0 Å². The average molecular weight is 263 g/mol. The third kappa shape index (κ3) is 2.86. The number of carbonyl (C=O) groups excluding carboxylic acids is 1. The first-order valence-electron chi connectivity index (χ1n) is 6.26. The number of benzene rings is 1. The second-order valence-electron chi connectivity index (χ2n) is 4.99. The number of carbonyl (C=O) groups is 2. The second kappa shape index (κ2) is 5.30. The third-order valence-corrected chi connectivity index (χ3v) is 3.69. The van der Waals surface area contributed by atoms with Crippen molar-refractivity contribution < 1.29 is 19.8 Å². The van der Waals surface area contributed by atoms with Crippen molar-refractivity contribution >= 4 is 11.9 Å². The van der Waals surface area contributed by atoms with E-state index in [0.29, 0.717) is 18.7 Å². The minimum absolute atomic E-state index is 0.0332. The van der Waals surface area contributed by atoms with Crippen molar-refractivity contribution in [1.29, 1.82) is 0 Å². The van der Waals surface area contributed by atoms with E-state index in [1.807, 2.05) is 0 Å². The lowest BCUT2D eigenvalue weighted by molar-refractivity contribution is -0.150. The van der Waals surface area contributed by atoms with Gasteiger partial charge in [-0.15, -0.1) is 0 Å². The van der Waals surface area contributed by atoms with Crippen LogP contribution < -0.4 is 0 Å². The fourth-order valence-electron chi connectivity index (χ4n) is 2.17. The molecule has 19 heavy (non-hydrogen) atoms. The van der Waals surface area contributed by atoms with Crippen molar-refractivity contribution in [3.63, 3.8) is 0 Å². The highest BCUT2D eigenvalue weighted by Crippen LogP contribution is 2.25. The van der Waals surface area contributed by atoms with Gasteiger partial charge in [-0.2, -0.15) is 0 Å². The van der Waals surface area contributed by atoms with Gasteiger partial charge in [-0.05, 0) is 6.07 Å². The first-order chi connectivity index (χ1) is 8.99. The van der Waals surface area contributed by atoms with Gasteiger partial charge in [-0.1, -0.05) is 25.1 Å². The van der Waals surface area contributed by atoms with Gasteiger partial charge in [0.2, 0.25) is 5.91 Å². The molecular formula is C14H17NO4. The number of aromatic hydroxyl groups is 1. The summed E-state index contributed by atoms with van der Waals surface area (Å²) in [5, 5.41) is 18.5. The van der Waals surface area contributed by atoms with Crippen LogP contribution in [0.1, 0.15) is 12.5 Å². The molecule has 0 aliphatic carbocycles. The Kier molecular flexibility index (Phi) is 3.74. The van der Waals surface area contributed by atoms with Crippen molar-refractivity contribution in [3.8, 4) is 5.75 Å². The summed E-state index contributed by atoms with van der Waals surface area (Å²) < 4.78 is 0. The molecule has 2 N–H and O–H groups in total. The maximum atomic E-state index is 12.0. The molecule has 1 fully saturated rings. The van der Waals surface area contributed by atoms with Crippen molar-refractivity contribution in [1.82, 2.24) is 4.90 Å². The maximum absolute atomic E-state index is 12.0. The van der Waals surface area contributed by atoms with E-state index < -0.39 is 11.9 Å². The zero-order valence-corrected chi connectivity index (χ0v) is 10.7. The predicted octanol–water partition coefficient (Wildman–Crippen LogP) is 1.11. The molecule has 1 amide bonds. The van der Waals surface area contributed by atoms with Crippen LogP contribution in [0.4, 0.5) is 0 Å². The normalized spacial score (nSPS) is 16.8. The molecule has 1 saturated heterocycles. The smallest absolute Gasteiger partial charge is 0.306 e. The highest BCUT2D eigenvalue weighted by molar-refractivity contribution is 5.80. The van der Waals surface area contributed by atoms with Crippen LogP contribution >= 0.6 is 0 Å². The minimum Gasteiger partial charge on any atom is -0.508 e. The van der Waals surface area contributed by atoms with Crippen LogP contribution in [-0.4, -0.2) is 40.1 Å². The maximum Gasteiger partial charge on any atom is 0.306 e. The quantitative estimate of drug-likeness (QED) is 0.853. The number of phenolic OH excluding ortho intramolecular Hbond substituents is 1. The highest BCUT2D eigenvalue weighted by atomic mass is 16.4. The van der Waals surface area contributed by atoms with E-state index >= 15 is 0 Å². The van der Waals surface area contributed by atoms with Gasteiger partial charge in [0.15, 0.2) is 0 Å². The highest BCUT2D eigenvalue weighted by Gasteiger charge is 2.36. The molecule has 2 rings (SSSR count). The van der Waals surface area contributed by atoms with Crippen molar-refractivity contribution in [2.24, 2.45) is 11.8 Å². The summed E-state index contributed by atoms with van der Waals surface area (Å²) in [6.07, 6.45) is 0.154. The van der Waals surface area contributed by atoms with Crippen LogP contribution in [0.25, 0.3) is 0 Å². The Labute approximate surface area is 111 Å². The summed E-state index contributed by atoms with van der Waals surface area (Å²) in [7, 11) is 0. The Morgan fingerprint density at radius 2 is 2.00 bits per heavy atom. The summed E-state index contributed by atoms with van der Waals surface area (Å²) in [6.45, 7) is 2.64. The summed E-state index contributed by atoms with van der Waals surface area (Å²) in [5.41, 5.74) is 0.599. The number of rotatable bonds is 4. The lowest BCUT2D eigenvalue weighted by Gasteiger charge is -2.41. The molecule has 1 aliphatic heterocycles. The van der Waals surface area contributed by atoms with Gasteiger partial charge < -0.3 is 15.1 Å². The second-order valence-corrected chi connectivity index (χ2v) is 4.99. The lowest BCUT2D eigenvalue weighted by Crippen LogP contribution is -2.53. The Bertz CT molecular complexity index is 494. The van der Waals surface area contributed by atoms with E-state index in [-0.39, 0.29) is 24.0 Å². The SMILES string of the molecule is CC(C(=O)O)C1CN(C(=O)Cc2ccccc2O)C1. The van der Waals surface area contributed by atoms with E-state index in [0.717, 1.165) is 0 Å². The van der Waals surface area contributed by atoms with Crippen LogP contribution in [0, 0.1) is 11.8 Å². The molecule has 1 aliphatic rings. The fourth-order valence-corrected chi connectivity index (χ4v) is 2.17. The number of amides is 1. The van der Waals surface area contributed by atoms with Crippen molar-refractivity contribution in [3.05, 3.63) is 29.8 Å². The minimum atomic E-state index is -0.821. The van der Waals surface area contributed by atoms with Crippen LogP contribution in [0.2, 0.25) is 0 Å². The topological polar surface area (TPSA) is 77.8 Å². The number of hydrogen-bond donors (Lipinski definition) is 2. The molecule has 1 unspecified atom stereocenters. The van der Waals surface area contributed by atoms with Crippen LogP contribution in [0.3, 0.4) is 0 Å². The van der Waals surface area contributed by atoms with Gasteiger partial charge in [-0.25, -0.2) is 0 Å². The molecule has 0 saturated carbocycles. The summed E-state index contributed by atoms with van der Waals surface area (Å²) in [6, 6.07) is 6.74. The molecule has 5 heteroatoms. The first kappa shape index (κ1) is 13.4. The van der Waals surface area contributed by atoms with Crippen molar-refractivity contribution in [2.75, 3.05) is 13.1 Å². The van der Waals surface area contributed by atoms with Crippen molar-refractivity contribution in [2.45, 2.75) is 13.3 Å². The number of aliphatic carboxylic acids is 1. The molecule has 102 valence electrons. The van der Waals surface area contributed by atoms with Crippen LogP contribution in [0.15, 0.2) is 24.3 Å². The van der Waals surface area contributed by atoms with E-state index in [4.69, 9.17) is 5.11 Å². The molecule has 1 aromatic carbocycles. The number of nitrogens with zero attached hydrogens (tertiary/aromatic N) is 1. The molecule has 1 heterocycles. The summed E-state index contributed by atoms with van der Waals surface area (Å²) in [5.74, 6) is -1.17. The molecule has 1 aromatic rings.